The van der Waals surface area contributed by atoms with Gasteiger partial charge in [-0.25, -0.2) is 0 Å². The fourth-order valence-electron chi connectivity index (χ4n) is 2.26. The number of amides is 2. The zero-order valence-corrected chi connectivity index (χ0v) is 12.9. The molecule has 1 saturated carbocycles. The molecule has 7 heteroatoms. The molecule has 1 aromatic carbocycles. The topological polar surface area (TPSA) is 93.5 Å². The van der Waals surface area contributed by atoms with E-state index in [2.05, 4.69) is 10.6 Å². The largest absolute Gasteiger partial charge is 0.368 e. The quantitative estimate of drug-likeness (QED) is 0.784. The Morgan fingerprint density at radius 2 is 1.73 bits per heavy atom. The molecule has 0 bridgehead atoms. The van der Waals surface area contributed by atoms with Gasteiger partial charge in [-0.1, -0.05) is 0 Å². The third kappa shape index (κ3) is 3.76. The lowest BCUT2D eigenvalue weighted by Gasteiger charge is -2.12. The van der Waals surface area contributed by atoms with Crippen molar-refractivity contribution >= 4 is 35.6 Å². The lowest BCUT2D eigenvalue weighted by molar-refractivity contribution is -0.124. The van der Waals surface area contributed by atoms with Crippen LogP contribution in [0, 0.1) is 0 Å². The molecule has 1 atom stereocenters. The van der Waals surface area contributed by atoms with Crippen LogP contribution in [0.4, 0.5) is 11.4 Å². The maximum atomic E-state index is 11.9. The maximum absolute atomic E-state index is 11.9. The van der Waals surface area contributed by atoms with Gasteiger partial charge < -0.3 is 21.1 Å². The number of benzene rings is 1. The van der Waals surface area contributed by atoms with Crippen LogP contribution in [0.15, 0.2) is 24.3 Å². The van der Waals surface area contributed by atoms with Gasteiger partial charge in [-0.05, 0) is 49.9 Å². The van der Waals surface area contributed by atoms with Gasteiger partial charge in [0.15, 0.2) is 0 Å². The van der Waals surface area contributed by atoms with Crippen LogP contribution in [0.3, 0.4) is 0 Å². The molecule has 2 aliphatic rings. The Bertz CT molecular complexity index is 552. The highest BCUT2D eigenvalue weighted by Crippen LogP contribution is 2.33. The van der Waals surface area contributed by atoms with Gasteiger partial charge in [0, 0.05) is 18.0 Å². The summed E-state index contributed by atoms with van der Waals surface area (Å²) in [6.07, 6.45) is 2.79. The van der Waals surface area contributed by atoms with Crippen LogP contribution in [-0.4, -0.2) is 30.1 Å². The van der Waals surface area contributed by atoms with Crippen LogP contribution in [0.25, 0.3) is 0 Å². The molecule has 0 radical (unpaired) electrons. The number of hydrogen-bond donors (Lipinski definition) is 3. The Hall–Kier alpha value is -1.63. The zero-order valence-electron chi connectivity index (χ0n) is 12.1. The van der Waals surface area contributed by atoms with E-state index in [9.17, 15) is 9.59 Å². The van der Waals surface area contributed by atoms with Crippen molar-refractivity contribution in [1.29, 1.82) is 0 Å². The van der Waals surface area contributed by atoms with Crippen molar-refractivity contribution in [3.8, 4) is 0 Å². The Kier molecular flexibility index (Phi) is 5.05. The Balaban J connectivity index is 0.00000176. The van der Waals surface area contributed by atoms with Gasteiger partial charge in [-0.3, -0.25) is 9.59 Å². The number of nitrogens with two attached hydrogens (primary N) is 1. The van der Waals surface area contributed by atoms with Crippen LogP contribution < -0.4 is 16.4 Å². The second-order valence-electron chi connectivity index (χ2n) is 5.68. The molecular weight excluding hydrogens is 306 g/mol. The number of halogens is 1. The third-order valence-corrected chi connectivity index (χ3v) is 3.87. The summed E-state index contributed by atoms with van der Waals surface area (Å²) in [5.74, 6) is -0.276. The summed E-state index contributed by atoms with van der Waals surface area (Å²) >= 11 is 0. The Morgan fingerprint density at radius 1 is 1.14 bits per heavy atom. The predicted molar refractivity (Wildman–Crippen MR) is 86.1 cm³/mol. The first-order chi connectivity index (χ1) is 10.1. The van der Waals surface area contributed by atoms with Gasteiger partial charge in [-0.15, -0.1) is 12.4 Å². The highest BCUT2D eigenvalue weighted by atomic mass is 35.5. The van der Waals surface area contributed by atoms with Gasteiger partial charge in [0.25, 0.3) is 5.91 Å². The second-order valence-corrected chi connectivity index (χ2v) is 5.68. The van der Waals surface area contributed by atoms with Crippen LogP contribution >= 0.6 is 12.4 Å². The normalized spacial score (nSPS) is 21.6. The summed E-state index contributed by atoms with van der Waals surface area (Å²) in [6, 6.07) is 6.99. The Labute approximate surface area is 135 Å². The minimum Gasteiger partial charge on any atom is -0.368 e. The first kappa shape index (κ1) is 16.7. The van der Waals surface area contributed by atoms with E-state index in [0.717, 1.165) is 25.7 Å². The zero-order chi connectivity index (χ0) is 14.9. The highest BCUT2D eigenvalue weighted by molar-refractivity contribution is 6.00. The van der Waals surface area contributed by atoms with Gasteiger partial charge in [-0.2, -0.15) is 0 Å². The summed E-state index contributed by atoms with van der Waals surface area (Å²) in [4.78, 5) is 23.7. The fourth-order valence-corrected chi connectivity index (χ4v) is 2.26. The molecule has 2 amide bonds. The SMILES string of the molecule is Cl.NC1(C(=O)Nc2ccc(NC(=O)C3CCCO3)cc2)CC1. The molecule has 1 aliphatic carbocycles. The molecule has 22 heavy (non-hydrogen) atoms. The molecule has 0 spiro atoms. The van der Waals surface area contributed by atoms with Gasteiger partial charge in [0.2, 0.25) is 5.91 Å². The first-order valence-electron chi connectivity index (χ1n) is 7.20. The summed E-state index contributed by atoms with van der Waals surface area (Å²) < 4.78 is 5.32. The van der Waals surface area contributed by atoms with Crippen LogP contribution in [0.5, 0.6) is 0 Å². The number of anilines is 2. The third-order valence-electron chi connectivity index (χ3n) is 3.87. The number of rotatable bonds is 4. The lowest BCUT2D eigenvalue weighted by Crippen LogP contribution is -2.37. The van der Waals surface area contributed by atoms with Crippen molar-refractivity contribution in [2.75, 3.05) is 17.2 Å². The van der Waals surface area contributed by atoms with Crippen molar-refractivity contribution in [1.82, 2.24) is 0 Å². The van der Waals surface area contributed by atoms with Crippen molar-refractivity contribution in [3.63, 3.8) is 0 Å². The molecule has 2 fully saturated rings. The monoisotopic (exact) mass is 325 g/mol. The van der Waals surface area contributed by atoms with E-state index in [0.29, 0.717) is 18.0 Å². The van der Waals surface area contributed by atoms with E-state index >= 15 is 0 Å². The van der Waals surface area contributed by atoms with Crippen molar-refractivity contribution < 1.29 is 14.3 Å². The van der Waals surface area contributed by atoms with E-state index in [-0.39, 0.29) is 30.3 Å². The molecule has 1 aliphatic heterocycles. The Morgan fingerprint density at radius 3 is 2.23 bits per heavy atom. The standard InChI is InChI=1S/C15H19N3O3.ClH/c16-15(7-8-15)14(20)18-11-5-3-10(4-6-11)17-13(19)12-2-1-9-21-12;/h3-6,12H,1-2,7-9,16H2,(H,17,19)(H,18,20);1H. The number of carbonyl (C=O) groups excluding carboxylic acids is 2. The molecular formula is C15H20ClN3O3. The molecule has 0 aromatic heterocycles. The maximum Gasteiger partial charge on any atom is 0.253 e. The summed E-state index contributed by atoms with van der Waals surface area (Å²) in [6.45, 7) is 0.643. The van der Waals surface area contributed by atoms with Crippen LogP contribution in [-0.2, 0) is 14.3 Å². The smallest absolute Gasteiger partial charge is 0.253 e. The molecule has 120 valence electrons. The molecule has 1 saturated heterocycles. The van der Waals surface area contributed by atoms with E-state index in [1.165, 1.54) is 0 Å². The van der Waals surface area contributed by atoms with Crippen molar-refractivity contribution in [2.24, 2.45) is 5.73 Å². The van der Waals surface area contributed by atoms with Gasteiger partial charge >= 0.3 is 0 Å². The van der Waals surface area contributed by atoms with Crippen molar-refractivity contribution in [3.05, 3.63) is 24.3 Å². The average Bonchev–Trinajstić information content (AvgIpc) is 3.02. The van der Waals surface area contributed by atoms with Crippen LogP contribution in [0.1, 0.15) is 25.7 Å². The first-order valence-corrected chi connectivity index (χ1v) is 7.20. The molecule has 1 heterocycles. The van der Waals surface area contributed by atoms with E-state index < -0.39 is 5.54 Å². The van der Waals surface area contributed by atoms with Gasteiger partial charge in [0.05, 0.1) is 5.54 Å². The van der Waals surface area contributed by atoms with E-state index in [1.54, 1.807) is 24.3 Å². The molecule has 6 nitrogen and oxygen atoms in total. The summed E-state index contributed by atoms with van der Waals surface area (Å²) in [5.41, 5.74) is 6.49. The van der Waals surface area contributed by atoms with Crippen molar-refractivity contribution in [2.45, 2.75) is 37.3 Å². The number of carbonyl (C=O) groups is 2. The summed E-state index contributed by atoms with van der Waals surface area (Å²) in [7, 11) is 0. The lowest BCUT2D eigenvalue weighted by atomic mass is 10.2. The molecule has 1 unspecified atom stereocenters. The number of ether oxygens (including phenoxy) is 1. The number of nitrogens with one attached hydrogen (secondary N) is 2. The van der Waals surface area contributed by atoms with E-state index in [4.69, 9.17) is 10.5 Å². The van der Waals surface area contributed by atoms with Crippen LogP contribution in [0.2, 0.25) is 0 Å². The average molecular weight is 326 g/mol. The molecule has 4 N–H and O–H groups in total. The molecule has 3 rings (SSSR count). The number of hydrogen-bond acceptors (Lipinski definition) is 4. The fraction of sp³-hybridized carbons (Fsp3) is 0.467. The van der Waals surface area contributed by atoms with E-state index in [1.807, 2.05) is 0 Å². The minimum absolute atomic E-state index is 0. The summed E-state index contributed by atoms with van der Waals surface area (Å²) in [5, 5.41) is 5.58. The molecule has 1 aromatic rings. The van der Waals surface area contributed by atoms with Gasteiger partial charge in [0.1, 0.15) is 6.10 Å². The second kappa shape index (κ2) is 6.64. The highest BCUT2D eigenvalue weighted by Gasteiger charge is 2.45. The predicted octanol–water partition coefficient (Wildman–Crippen LogP) is 1.66. The minimum atomic E-state index is -0.688.